The van der Waals surface area contributed by atoms with E-state index in [4.69, 9.17) is 4.52 Å². The summed E-state index contributed by atoms with van der Waals surface area (Å²) in [5, 5.41) is 8.09. The highest BCUT2D eigenvalue weighted by molar-refractivity contribution is 5.80. The van der Waals surface area contributed by atoms with Gasteiger partial charge in [0.25, 0.3) is 0 Å². The number of nitrogens with zero attached hydrogens (tertiary/aromatic N) is 6. The molecule has 2 aromatic rings. The summed E-state index contributed by atoms with van der Waals surface area (Å²) in [6.07, 6.45) is 5.87. The fourth-order valence-electron chi connectivity index (χ4n) is 2.84. The Morgan fingerprint density at radius 1 is 1.35 bits per heavy atom. The predicted octanol–water partition coefficient (Wildman–Crippen LogP) is 2.10. The van der Waals surface area contributed by atoms with Gasteiger partial charge in [-0.05, 0) is 26.2 Å². The number of hydrogen-bond donors (Lipinski definition) is 0. The number of aromatic nitrogens is 5. The average Bonchev–Trinajstić information content (AvgIpc) is 3.24. The second-order valence-corrected chi connectivity index (χ2v) is 6.24. The third-order valence-corrected chi connectivity index (χ3v) is 4.24. The Balaban J connectivity index is 1.81. The van der Waals surface area contributed by atoms with Gasteiger partial charge in [0.2, 0.25) is 11.8 Å². The molecule has 8 heteroatoms. The molecule has 0 aromatic carbocycles. The Morgan fingerprint density at radius 3 is 2.83 bits per heavy atom. The van der Waals surface area contributed by atoms with Crippen molar-refractivity contribution >= 4 is 5.91 Å². The van der Waals surface area contributed by atoms with Crippen molar-refractivity contribution in [3.8, 4) is 0 Å². The number of carbonyl (C=O) groups excluding carboxylic acids is 1. The lowest BCUT2D eigenvalue weighted by molar-refractivity contribution is -0.139. The van der Waals surface area contributed by atoms with Crippen LogP contribution < -0.4 is 0 Å². The molecular weight excluding hydrogens is 296 g/mol. The summed E-state index contributed by atoms with van der Waals surface area (Å²) in [6, 6.07) is -0.548. The van der Waals surface area contributed by atoms with Crippen LogP contribution in [0.2, 0.25) is 0 Å². The van der Waals surface area contributed by atoms with Crippen LogP contribution in [-0.4, -0.2) is 42.3 Å². The Morgan fingerprint density at radius 2 is 2.17 bits per heavy atom. The van der Waals surface area contributed by atoms with Crippen molar-refractivity contribution in [1.82, 2.24) is 29.8 Å². The summed E-state index contributed by atoms with van der Waals surface area (Å²) < 4.78 is 7.00. The van der Waals surface area contributed by atoms with Crippen LogP contribution in [0.25, 0.3) is 0 Å². The molecule has 1 aliphatic heterocycles. The fourth-order valence-corrected chi connectivity index (χ4v) is 2.84. The molecule has 0 spiro atoms. The molecule has 1 saturated heterocycles. The fraction of sp³-hybridized carbons (Fsp3) is 0.667. The van der Waals surface area contributed by atoms with Crippen molar-refractivity contribution in [2.24, 2.45) is 0 Å². The molecule has 3 heterocycles. The topological polar surface area (TPSA) is 89.9 Å². The molecule has 23 heavy (non-hydrogen) atoms. The summed E-state index contributed by atoms with van der Waals surface area (Å²) in [7, 11) is 0. The first-order valence-electron chi connectivity index (χ1n) is 8.06. The van der Waals surface area contributed by atoms with E-state index in [0.717, 1.165) is 19.3 Å². The van der Waals surface area contributed by atoms with Crippen LogP contribution in [0.15, 0.2) is 17.2 Å². The molecular formula is C15H22N6O2. The zero-order valence-corrected chi connectivity index (χ0v) is 13.7. The molecule has 2 atom stereocenters. The molecule has 2 unspecified atom stereocenters. The van der Waals surface area contributed by atoms with Crippen molar-refractivity contribution in [2.45, 2.75) is 58.0 Å². The molecule has 2 aromatic heterocycles. The third-order valence-electron chi connectivity index (χ3n) is 4.24. The molecule has 8 nitrogen and oxygen atoms in total. The van der Waals surface area contributed by atoms with Crippen LogP contribution in [-0.2, 0) is 4.79 Å². The molecule has 1 fully saturated rings. The summed E-state index contributed by atoms with van der Waals surface area (Å²) >= 11 is 0. The third kappa shape index (κ3) is 3.11. The number of likely N-dealkylation sites (tertiary alicyclic amines) is 1. The van der Waals surface area contributed by atoms with Crippen LogP contribution >= 0.6 is 0 Å². The Kier molecular flexibility index (Phi) is 4.40. The van der Waals surface area contributed by atoms with Crippen molar-refractivity contribution in [3.63, 3.8) is 0 Å². The van der Waals surface area contributed by atoms with Crippen LogP contribution in [0, 0.1) is 0 Å². The highest BCUT2D eigenvalue weighted by Gasteiger charge is 2.35. The molecule has 3 rings (SSSR count). The lowest BCUT2D eigenvalue weighted by Gasteiger charge is -2.35. The molecule has 1 aliphatic rings. The minimum Gasteiger partial charge on any atom is -0.337 e. The number of carbonyl (C=O) groups is 1. The minimum atomic E-state index is -0.398. The lowest BCUT2D eigenvalue weighted by atomic mass is 10.0. The van der Waals surface area contributed by atoms with Crippen molar-refractivity contribution in [3.05, 3.63) is 24.4 Å². The van der Waals surface area contributed by atoms with Gasteiger partial charge in [-0.3, -0.25) is 4.79 Å². The van der Waals surface area contributed by atoms with Gasteiger partial charge in [-0.2, -0.15) is 10.1 Å². The summed E-state index contributed by atoms with van der Waals surface area (Å²) in [4.78, 5) is 23.1. The van der Waals surface area contributed by atoms with Crippen LogP contribution in [0.5, 0.6) is 0 Å². The van der Waals surface area contributed by atoms with Gasteiger partial charge in [0.15, 0.2) is 5.82 Å². The second-order valence-electron chi connectivity index (χ2n) is 6.24. The van der Waals surface area contributed by atoms with Crippen LogP contribution in [0.3, 0.4) is 0 Å². The maximum atomic E-state index is 12.9. The molecule has 0 N–H and O–H groups in total. The highest BCUT2D eigenvalue weighted by Crippen LogP contribution is 2.32. The molecule has 0 radical (unpaired) electrons. The van der Waals surface area contributed by atoms with E-state index in [1.165, 1.54) is 6.33 Å². The van der Waals surface area contributed by atoms with E-state index >= 15 is 0 Å². The SMILES string of the molecule is CC(C)c1noc(C2CCCCN2C(=O)C(C)n2cncn2)n1. The van der Waals surface area contributed by atoms with Crippen LogP contribution in [0.4, 0.5) is 0 Å². The molecule has 0 saturated carbocycles. The largest absolute Gasteiger partial charge is 0.337 e. The number of rotatable bonds is 4. The van der Waals surface area contributed by atoms with Gasteiger partial charge in [-0.1, -0.05) is 19.0 Å². The van der Waals surface area contributed by atoms with E-state index in [9.17, 15) is 4.79 Å². The van der Waals surface area contributed by atoms with E-state index < -0.39 is 6.04 Å². The van der Waals surface area contributed by atoms with Gasteiger partial charge in [0, 0.05) is 12.5 Å². The quantitative estimate of drug-likeness (QED) is 0.857. The maximum absolute atomic E-state index is 12.9. The van der Waals surface area contributed by atoms with Gasteiger partial charge in [-0.15, -0.1) is 0 Å². The standard InChI is InChI=1S/C15H22N6O2/c1-10(2)13-18-14(23-19-13)12-6-4-5-7-20(12)15(22)11(3)21-9-16-8-17-21/h8-12H,4-7H2,1-3H3. The molecule has 0 bridgehead atoms. The van der Waals surface area contributed by atoms with E-state index in [1.54, 1.807) is 11.0 Å². The first-order valence-corrected chi connectivity index (χ1v) is 8.06. The zero-order chi connectivity index (χ0) is 16.4. The van der Waals surface area contributed by atoms with Gasteiger partial charge in [-0.25, -0.2) is 9.67 Å². The van der Waals surface area contributed by atoms with E-state index in [-0.39, 0.29) is 17.9 Å². The maximum Gasteiger partial charge on any atom is 0.249 e. The second kappa shape index (κ2) is 6.47. The summed E-state index contributed by atoms with van der Waals surface area (Å²) in [6.45, 7) is 6.56. The highest BCUT2D eigenvalue weighted by atomic mass is 16.5. The molecule has 0 aliphatic carbocycles. The van der Waals surface area contributed by atoms with Gasteiger partial charge < -0.3 is 9.42 Å². The minimum absolute atomic E-state index is 0.00416. The lowest BCUT2D eigenvalue weighted by Crippen LogP contribution is -2.42. The first kappa shape index (κ1) is 15.6. The zero-order valence-electron chi connectivity index (χ0n) is 13.7. The number of piperidine rings is 1. The normalized spacial score (nSPS) is 20.0. The van der Waals surface area contributed by atoms with Crippen molar-refractivity contribution in [1.29, 1.82) is 0 Å². The number of amides is 1. The predicted molar refractivity (Wildman–Crippen MR) is 81.4 cm³/mol. The molecule has 1 amide bonds. The van der Waals surface area contributed by atoms with Crippen molar-refractivity contribution in [2.75, 3.05) is 6.54 Å². The molecule has 124 valence electrons. The Bertz CT molecular complexity index is 651. The first-order chi connectivity index (χ1) is 11.1. The smallest absolute Gasteiger partial charge is 0.249 e. The van der Waals surface area contributed by atoms with Crippen molar-refractivity contribution < 1.29 is 9.32 Å². The van der Waals surface area contributed by atoms with Gasteiger partial charge in [0.1, 0.15) is 24.7 Å². The van der Waals surface area contributed by atoms with Gasteiger partial charge in [0.05, 0.1) is 0 Å². The Hall–Kier alpha value is -2.25. The summed E-state index contributed by atoms with van der Waals surface area (Å²) in [5.74, 6) is 1.42. The summed E-state index contributed by atoms with van der Waals surface area (Å²) in [5.41, 5.74) is 0. The van der Waals surface area contributed by atoms with Crippen LogP contribution in [0.1, 0.15) is 69.8 Å². The van der Waals surface area contributed by atoms with E-state index in [0.29, 0.717) is 18.3 Å². The number of hydrogen-bond acceptors (Lipinski definition) is 6. The Labute approximate surface area is 134 Å². The van der Waals surface area contributed by atoms with Gasteiger partial charge >= 0.3 is 0 Å². The van der Waals surface area contributed by atoms with E-state index in [1.807, 2.05) is 25.7 Å². The monoisotopic (exact) mass is 318 g/mol. The average molecular weight is 318 g/mol. The van der Waals surface area contributed by atoms with E-state index in [2.05, 4.69) is 20.2 Å².